The van der Waals surface area contributed by atoms with E-state index in [0.717, 1.165) is 0 Å². The van der Waals surface area contributed by atoms with Crippen LogP contribution < -0.4 is 0 Å². The number of aliphatic carboxylic acids is 1. The molecule has 1 amide bonds. The average molecular weight is 157 g/mol. The molecule has 1 saturated heterocycles. The highest BCUT2D eigenvalue weighted by atomic mass is 16.4. The summed E-state index contributed by atoms with van der Waals surface area (Å²) in [6.45, 7) is 2.84. The third-order valence-electron chi connectivity index (χ3n) is 1.95. The summed E-state index contributed by atoms with van der Waals surface area (Å²) in [6, 6.07) is 0. The van der Waals surface area contributed by atoms with E-state index < -0.39 is 11.9 Å². The molecule has 0 bridgehead atoms. The Balaban J connectivity index is 2.56. The normalized spacial score (nSPS) is 24.3. The second-order valence-corrected chi connectivity index (χ2v) is 2.67. The lowest BCUT2D eigenvalue weighted by molar-refractivity contribution is -0.141. The maximum atomic E-state index is 11.0. The highest BCUT2D eigenvalue weighted by Crippen LogP contribution is 2.16. The van der Waals surface area contributed by atoms with Gasteiger partial charge in [0, 0.05) is 19.5 Å². The first-order valence-corrected chi connectivity index (χ1v) is 3.65. The number of carboxylic acids is 1. The zero-order chi connectivity index (χ0) is 8.43. The van der Waals surface area contributed by atoms with Crippen molar-refractivity contribution in [2.75, 3.05) is 13.1 Å². The van der Waals surface area contributed by atoms with Crippen LogP contribution in [-0.2, 0) is 9.59 Å². The van der Waals surface area contributed by atoms with Gasteiger partial charge in [0.05, 0.1) is 5.92 Å². The minimum absolute atomic E-state index is 0.0418. The van der Waals surface area contributed by atoms with E-state index in [1.165, 1.54) is 0 Å². The lowest BCUT2D eigenvalue weighted by Gasteiger charge is -2.11. The van der Waals surface area contributed by atoms with Crippen molar-refractivity contribution < 1.29 is 14.7 Å². The number of likely N-dealkylation sites (tertiary alicyclic amines) is 1. The predicted molar refractivity (Wildman–Crippen MR) is 38.0 cm³/mol. The molecule has 0 aromatic heterocycles. The first-order valence-electron chi connectivity index (χ1n) is 3.65. The quantitative estimate of drug-likeness (QED) is 0.610. The average Bonchev–Trinajstić information content (AvgIpc) is 2.31. The molecule has 0 unspecified atom stereocenters. The van der Waals surface area contributed by atoms with Gasteiger partial charge in [-0.15, -0.1) is 0 Å². The van der Waals surface area contributed by atoms with E-state index in [2.05, 4.69) is 0 Å². The van der Waals surface area contributed by atoms with Gasteiger partial charge in [0.1, 0.15) is 0 Å². The molecule has 1 atom stereocenters. The van der Waals surface area contributed by atoms with E-state index in [-0.39, 0.29) is 12.3 Å². The van der Waals surface area contributed by atoms with Gasteiger partial charge in [-0.2, -0.15) is 0 Å². The number of carbonyl (C=O) groups excluding carboxylic acids is 1. The molecule has 11 heavy (non-hydrogen) atoms. The Hall–Kier alpha value is -1.06. The SMILES string of the molecule is CCN1C[C@H](C(=O)O)CC1=O. The van der Waals surface area contributed by atoms with Crippen LogP contribution in [-0.4, -0.2) is 35.0 Å². The molecule has 0 radical (unpaired) electrons. The zero-order valence-corrected chi connectivity index (χ0v) is 6.41. The van der Waals surface area contributed by atoms with Crippen LogP contribution in [0.4, 0.5) is 0 Å². The van der Waals surface area contributed by atoms with Crippen LogP contribution in [0.25, 0.3) is 0 Å². The summed E-state index contributed by atoms with van der Waals surface area (Å²) in [4.78, 5) is 23.0. The lowest BCUT2D eigenvalue weighted by Crippen LogP contribution is -2.25. The highest BCUT2D eigenvalue weighted by Gasteiger charge is 2.32. The molecule has 0 aliphatic carbocycles. The Kier molecular flexibility index (Phi) is 2.12. The maximum absolute atomic E-state index is 11.0. The topological polar surface area (TPSA) is 57.6 Å². The molecular weight excluding hydrogens is 146 g/mol. The maximum Gasteiger partial charge on any atom is 0.308 e. The first kappa shape index (κ1) is 8.04. The van der Waals surface area contributed by atoms with Crippen molar-refractivity contribution in [2.45, 2.75) is 13.3 Å². The van der Waals surface area contributed by atoms with Gasteiger partial charge in [-0.1, -0.05) is 0 Å². The summed E-state index contributed by atoms with van der Waals surface area (Å²) in [6.07, 6.45) is 0.170. The zero-order valence-electron chi connectivity index (χ0n) is 6.41. The van der Waals surface area contributed by atoms with Crippen LogP contribution in [0.2, 0.25) is 0 Å². The van der Waals surface area contributed by atoms with Crippen molar-refractivity contribution in [3.63, 3.8) is 0 Å². The predicted octanol–water partition coefficient (Wildman–Crippen LogP) is -0.0606. The van der Waals surface area contributed by atoms with Crippen LogP contribution in [0.5, 0.6) is 0 Å². The lowest BCUT2D eigenvalue weighted by atomic mass is 10.1. The first-order chi connectivity index (χ1) is 5.15. The van der Waals surface area contributed by atoms with Gasteiger partial charge >= 0.3 is 5.97 Å². The van der Waals surface area contributed by atoms with Crippen LogP contribution in [0.3, 0.4) is 0 Å². The van der Waals surface area contributed by atoms with Gasteiger partial charge in [-0.05, 0) is 6.92 Å². The Bertz CT molecular complexity index is 190. The Morgan fingerprint density at radius 1 is 1.82 bits per heavy atom. The molecule has 1 rings (SSSR count). The van der Waals surface area contributed by atoms with Crippen LogP contribution in [0.15, 0.2) is 0 Å². The third kappa shape index (κ3) is 1.50. The summed E-state index contributed by atoms with van der Waals surface area (Å²) in [7, 11) is 0. The number of carbonyl (C=O) groups is 2. The fourth-order valence-corrected chi connectivity index (χ4v) is 1.24. The second-order valence-electron chi connectivity index (χ2n) is 2.67. The molecular formula is C7H11NO3. The molecule has 1 fully saturated rings. The summed E-state index contributed by atoms with van der Waals surface area (Å²) < 4.78 is 0. The number of nitrogens with zero attached hydrogens (tertiary/aromatic N) is 1. The smallest absolute Gasteiger partial charge is 0.308 e. The van der Waals surface area contributed by atoms with Gasteiger partial charge in [-0.25, -0.2) is 0 Å². The Morgan fingerprint density at radius 2 is 2.45 bits per heavy atom. The van der Waals surface area contributed by atoms with Crippen LogP contribution >= 0.6 is 0 Å². The number of hydrogen-bond acceptors (Lipinski definition) is 2. The number of hydrogen-bond donors (Lipinski definition) is 1. The van der Waals surface area contributed by atoms with Gasteiger partial charge in [0.25, 0.3) is 0 Å². The van der Waals surface area contributed by atoms with E-state index in [9.17, 15) is 9.59 Å². The fourth-order valence-electron chi connectivity index (χ4n) is 1.24. The Labute approximate surface area is 64.8 Å². The number of amides is 1. The van der Waals surface area contributed by atoms with Crippen LogP contribution in [0.1, 0.15) is 13.3 Å². The van der Waals surface area contributed by atoms with E-state index in [4.69, 9.17) is 5.11 Å². The van der Waals surface area contributed by atoms with Gasteiger partial charge < -0.3 is 10.0 Å². The molecule has 0 spiro atoms. The van der Waals surface area contributed by atoms with Crippen molar-refractivity contribution in [3.8, 4) is 0 Å². The van der Waals surface area contributed by atoms with Crippen molar-refractivity contribution in [1.82, 2.24) is 4.90 Å². The summed E-state index contributed by atoms with van der Waals surface area (Å²) in [5.74, 6) is -1.39. The molecule has 1 aliphatic heterocycles. The molecule has 0 saturated carbocycles. The molecule has 1 heterocycles. The molecule has 0 aromatic carbocycles. The molecule has 4 heteroatoms. The number of carboxylic acid groups (broad SMARTS) is 1. The fraction of sp³-hybridized carbons (Fsp3) is 0.714. The summed E-state index contributed by atoms with van der Waals surface area (Å²) in [5, 5.41) is 8.57. The van der Waals surface area contributed by atoms with Crippen molar-refractivity contribution in [2.24, 2.45) is 5.92 Å². The van der Waals surface area contributed by atoms with Crippen molar-refractivity contribution >= 4 is 11.9 Å². The van der Waals surface area contributed by atoms with E-state index in [1.54, 1.807) is 4.90 Å². The van der Waals surface area contributed by atoms with Crippen LogP contribution in [0, 0.1) is 5.92 Å². The van der Waals surface area contributed by atoms with E-state index in [0.29, 0.717) is 13.1 Å². The van der Waals surface area contributed by atoms with Gasteiger partial charge in [-0.3, -0.25) is 9.59 Å². The minimum atomic E-state index is -0.866. The minimum Gasteiger partial charge on any atom is -0.481 e. The largest absolute Gasteiger partial charge is 0.481 e. The van der Waals surface area contributed by atoms with E-state index >= 15 is 0 Å². The number of rotatable bonds is 2. The second kappa shape index (κ2) is 2.90. The van der Waals surface area contributed by atoms with Crippen molar-refractivity contribution in [3.05, 3.63) is 0 Å². The molecule has 62 valence electrons. The van der Waals surface area contributed by atoms with Crippen molar-refractivity contribution in [1.29, 1.82) is 0 Å². The standard InChI is InChI=1S/C7H11NO3/c1-2-8-4-5(7(10)11)3-6(8)9/h5H,2-4H2,1H3,(H,10,11)/t5-/m1/s1. The monoisotopic (exact) mass is 157 g/mol. The molecule has 1 N–H and O–H groups in total. The Morgan fingerprint density at radius 3 is 2.73 bits per heavy atom. The highest BCUT2D eigenvalue weighted by molar-refractivity contribution is 5.85. The molecule has 4 nitrogen and oxygen atoms in total. The van der Waals surface area contributed by atoms with E-state index in [1.807, 2.05) is 6.92 Å². The molecule has 0 aromatic rings. The van der Waals surface area contributed by atoms with Gasteiger partial charge in [0.2, 0.25) is 5.91 Å². The summed E-state index contributed by atoms with van der Waals surface area (Å²) >= 11 is 0. The molecule has 1 aliphatic rings. The third-order valence-corrected chi connectivity index (χ3v) is 1.95. The van der Waals surface area contributed by atoms with Gasteiger partial charge in [0.15, 0.2) is 0 Å². The summed E-state index contributed by atoms with van der Waals surface area (Å²) in [5.41, 5.74) is 0.